The Morgan fingerprint density at radius 3 is 2.94 bits per heavy atom. The van der Waals surface area contributed by atoms with Gasteiger partial charge in [-0.15, -0.1) is 11.3 Å². The number of nitrogens with one attached hydrogen (secondary N) is 1. The molecular formula is C13H20N2S. The van der Waals surface area contributed by atoms with Crippen LogP contribution in [0.5, 0.6) is 0 Å². The molecule has 88 valence electrons. The van der Waals surface area contributed by atoms with Crippen molar-refractivity contribution in [2.24, 2.45) is 0 Å². The Kier molecular flexibility index (Phi) is 4.13. The first-order chi connectivity index (χ1) is 7.75. The number of aromatic nitrogens is 1. The molecule has 1 aliphatic rings. The third-order valence-corrected chi connectivity index (χ3v) is 4.12. The van der Waals surface area contributed by atoms with Crippen LogP contribution in [0.25, 0.3) is 0 Å². The Morgan fingerprint density at radius 1 is 1.44 bits per heavy atom. The van der Waals surface area contributed by atoms with Gasteiger partial charge < -0.3 is 5.32 Å². The molecule has 1 N–H and O–H groups in total. The van der Waals surface area contributed by atoms with Crippen LogP contribution in [0.3, 0.4) is 0 Å². The van der Waals surface area contributed by atoms with Crippen molar-refractivity contribution in [3.05, 3.63) is 27.2 Å². The molecule has 0 amide bonds. The maximum absolute atomic E-state index is 4.43. The highest BCUT2D eigenvalue weighted by molar-refractivity contribution is 7.11. The third kappa shape index (κ3) is 3.16. The van der Waals surface area contributed by atoms with E-state index in [1.165, 1.54) is 41.3 Å². The molecule has 1 aromatic heterocycles. The fourth-order valence-electron chi connectivity index (χ4n) is 2.15. The fraction of sp³-hybridized carbons (Fsp3) is 0.615. The quantitative estimate of drug-likeness (QED) is 0.626. The smallest absolute Gasteiger partial charge is 0.0900 e. The number of hydrogen-bond donors (Lipinski definition) is 1. The first kappa shape index (κ1) is 11.8. The number of thiazole rings is 1. The lowest BCUT2D eigenvalue weighted by Crippen LogP contribution is -2.14. The number of nitrogens with zero attached hydrogens (tertiary/aromatic N) is 1. The van der Waals surface area contributed by atoms with Crippen LogP contribution in [0.1, 0.15) is 41.3 Å². The van der Waals surface area contributed by atoms with Crippen molar-refractivity contribution in [3.63, 3.8) is 0 Å². The zero-order valence-electron chi connectivity index (χ0n) is 10.2. The molecule has 0 saturated heterocycles. The van der Waals surface area contributed by atoms with Gasteiger partial charge in [-0.05, 0) is 46.1 Å². The number of allylic oxidation sites excluding steroid dienone is 1. The Balaban J connectivity index is 1.69. The first-order valence-corrected chi connectivity index (χ1v) is 6.89. The molecule has 0 unspecified atom stereocenters. The summed E-state index contributed by atoms with van der Waals surface area (Å²) in [4.78, 5) is 5.82. The molecule has 1 aromatic rings. The normalized spacial score (nSPS) is 15.5. The lowest BCUT2D eigenvalue weighted by Gasteiger charge is -2.04. The van der Waals surface area contributed by atoms with E-state index in [9.17, 15) is 0 Å². The predicted molar refractivity (Wildman–Crippen MR) is 69.8 cm³/mol. The average molecular weight is 236 g/mol. The maximum Gasteiger partial charge on any atom is 0.0900 e. The van der Waals surface area contributed by atoms with Crippen molar-refractivity contribution < 1.29 is 0 Å². The van der Waals surface area contributed by atoms with Crippen molar-refractivity contribution >= 4 is 11.3 Å². The van der Waals surface area contributed by atoms with Crippen molar-refractivity contribution in [1.82, 2.24) is 10.3 Å². The summed E-state index contributed by atoms with van der Waals surface area (Å²) < 4.78 is 0. The van der Waals surface area contributed by atoms with E-state index in [2.05, 4.69) is 30.2 Å². The largest absolute Gasteiger partial charge is 0.311 e. The Hall–Kier alpha value is -0.670. The summed E-state index contributed by atoms with van der Waals surface area (Å²) in [6.07, 6.45) is 7.60. The van der Waals surface area contributed by atoms with Gasteiger partial charge in [-0.25, -0.2) is 4.98 Å². The van der Waals surface area contributed by atoms with E-state index < -0.39 is 0 Å². The highest BCUT2D eigenvalue weighted by Crippen LogP contribution is 2.20. The van der Waals surface area contributed by atoms with Crippen LogP contribution in [0.2, 0.25) is 0 Å². The SMILES string of the molecule is Cc1nc(C)c(CNCCC2=CCCC2)s1. The molecule has 0 saturated carbocycles. The summed E-state index contributed by atoms with van der Waals surface area (Å²) in [5, 5.41) is 4.69. The molecule has 2 rings (SSSR count). The van der Waals surface area contributed by atoms with E-state index in [1.54, 1.807) is 5.57 Å². The molecule has 0 aromatic carbocycles. The minimum Gasteiger partial charge on any atom is -0.311 e. The lowest BCUT2D eigenvalue weighted by atomic mass is 10.2. The standard InChI is InChI=1S/C13H20N2S/c1-10-13(16-11(2)15-10)9-14-8-7-12-5-3-4-6-12/h5,14H,3-4,6-9H2,1-2H3. The van der Waals surface area contributed by atoms with Gasteiger partial charge >= 0.3 is 0 Å². The van der Waals surface area contributed by atoms with Gasteiger partial charge in [-0.2, -0.15) is 0 Å². The molecule has 0 spiro atoms. The molecule has 0 radical (unpaired) electrons. The van der Waals surface area contributed by atoms with Gasteiger partial charge in [-0.1, -0.05) is 11.6 Å². The summed E-state index contributed by atoms with van der Waals surface area (Å²) in [6, 6.07) is 0. The molecule has 0 fully saturated rings. The third-order valence-electron chi connectivity index (χ3n) is 3.04. The van der Waals surface area contributed by atoms with Crippen molar-refractivity contribution in [3.8, 4) is 0 Å². The number of hydrogen-bond acceptors (Lipinski definition) is 3. The highest BCUT2D eigenvalue weighted by Gasteiger charge is 2.05. The van der Waals surface area contributed by atoms with E-state index in [4.69, 9.17) is 0 Å². The van der Waals surface area contributed by atoms with Gasteiger partial charge in [0.25, 0.3) is 0 Å². The molecule has 1 heterocycles. The van der Waals surface area contributed by atoms with Crippen LogP contribution >= 0.6 is 11.3 Å². The van der Waals surface area contributed by atoms with Crippen molar-refractivity contribution in [2.75, 3.05) is 6.54 Å². The fourth-order valence-corrected chi connectivity index (χ4v) is 3.06. The second-order valence-electron chi connectivity index (χ2n) is 4.42. The van der Waals surface area contributed by atoms with Crippen LogP contribution in [-0.4, -0.2) is 11.5 Å². The van der Waals surface area contributed by atoms with Gasteiger partial charge in [0.1, 0.15) is 0 Å². The van der Waals surface area contributed by atoms with E-state index in [0.717, 1.165) is 13.1 Å². The predicted octanol–water partition coefficient (Wildman–Crippen LogP) is 3.35. The van der Waals surface area contributed by atoms with Crippen molar-refractivity contribution in [2.45, 2.75) is 46.1 Å². The van der Waals surface area contributed by atoms with Gasteiger partial charge in [0, 0.05) is 11.4 Å². The summed E-state index contributed by atoms with van der Waals surface area (Å²) in [5.41, 5.74) is 2.83. The highest BCUT2D eigenvalue weighted by atomic mass is 32.1. The monoisotopic (exact) mass is 236 g/mol. The molecule has 0 aliphatic heterocycles. The van der Waals surface area contributed by atoms with Gasteiger partial charge in [-0.3, -0.25) is 0 Å². The number of aryl methyl sites for hydroxylation is 2. The van der Waals surface area contributed by atoms with E-state index in [1.807, 2.05) is 11.3 Å². The van der Waals surface area contributed by atoms with Crippen LogP contribution in [0, 0.1) is 13.8 Å². The molecule has 3 heteroatoms. The van der Waals surface area contributed by atoms with Gasteiger partial charge in [0.15, 0.2) is 0 Å². The van der Waals surface area contributed by atoms with E-state index >= 15 is 0 Å². The van der Waals surface area contributed by atoms with E-state index in [-0.39, 0.29) is 0 Å². The first-order valence-electron chi connectivity index (χ1n) is 6.07. The zero-order chi connectivity index (χ0) is 11.4. The van der Waals surface area contributed by atoms with Gasteiger partial charge in [0.2, 0.25) is 0 Å². The Labute approximate surface area is 102 Å². The van der Waals surface area contributed by atoms with Gasteiger partial charge in [0.05, 0.1) is 10.7 Å². The summed E-state index contributed by atoms with van der Waals surface area (Å²) in [6.45, 7) is 6.25. The Bertz CT molecular complexity index is 379. The average Bonchev–Trinajstić information content (AvgIpc) is 2.84. The van der Waals surface area contributed by atoms with Crippen LogP contribution < -0.4 is 5.32 Å². The number of rotatable bonds is 5. The molecule has 0 atom stereocenters. The summed E-state index contributed by atoms with van der Waals surface area (Å²) in [5.74, 6) is 0. The Morgan fingerprint density at radius 2 is 2.31 bits per heavy atom. The second-order valence-corrected chi connectivity index (χ2v) is 5.71. The topological polar surface area (TPSA) is 24.9 Å². The molecular weight excluding hydrogens is 216 g/mol. The minimum atomic E-state index is 0.977. The van der Waals surface area contributed by atoms with Crippen LogP contribution in [-0.2, 0) is 6.54 Å². The van der Waals surface area contributed by atoms with Crippen molar-refractivity contribution in [1.29, 1.82) is 0 Å². The summed E-state index contributed by atoms with van der Waals surface area (Å²) >= 11 is 1.81. The lowest BCUT2D eigenvalue weighted by molar-refractivity contribution is 0.679. The van der Waals surface area contributed by atoms with Crippen LogP contribution in [0.4, 0.5) is 0 Å². The van der Waals surface area contributed by atoms with Crippen LogP contribution in [0.15, 0.2) is 11.6 Å². The van der Waals surface area contributed by atoms with E-state index in [0.29, 0.717) is 0 Å². The minimum absolute atomic E-state index is 0.977. The second kappa shape index (κ2) is 5.60. The maximum atomic E-state index is 4.43. The molecule has 16 heavy (non-hydrogen) atoms. The molecule has 1 aliphatic carbocycles. The zero-order valence-corrected chi connectivity index (χ0v) is 11.0. The molecule has 0 bridgehead atoms. The summed E-state index contributed by atoms with van der Waals surface area (Å²) in [7, 11) is 0. The molecule has 2 nitrogen and oxygen atoms in total.